The van der Waals surface area contributed by atoms with E-state index in [0.29, 0.717) is 55.8 Å². The molecule has 0 heterocycles. The van der Waals surface area contributed by atoms with E-state index in [1.165, 1.54) is 19.3 Å². The van der Waals surface area contributed by atoms with Crippen LogP contribution in [0.15, 0.2) is 35.9 Å². The first-order valence-corrected chi connectivity index (χ1v) is 15.0. The molecule has 3 aliphatic carbocycles. The Balaban J connectivity index is 1.57. The van der Waals surface area contributed by atoms with E-state index < -0.39 is 18.2 Å². The molecule has 3 N–H and O–H groups in total. The average Bonchev–Trinajstić information content (AvgIpc) is 3.53. The molecule has 38 heavy (non-hydrogen) atoms. The predicted octanol–water partition coefficient (Wildman–Crippen LogP) is 3.29. The number of carbonyl (C=O) groups is 2. The molecular formula is C29H41IN2O6. The number of nitrogens with zero attached hydrogens (tertiary/aromatic N) is 1. The molecular weight excluding hydrogens is 599 g/mol. The number of nitrogens with one attached hydrogen (secondary N) is 1. The maximum absolute atomic E-state index is 13.8. The Kier molecular flexibility index (Phi) is 10.9. The van der Waals surface area contributed by atoms with Gasteiger partial charge in [-0.05, 0) is 91.2 Å². The number of amides is 2. The molecule has 1 aromatic rings. The number of halogens is 1. The lowest BCUT2D eigenvalue weighted by Crippen LogP contribution is -2.55. The summed E-state index contributed by atoms with van der Waals surface area (Å²) >= 11 is 2.18. The first kappa shape index (κ1) is 29.3. The van der Waals surface area contributed by atoms with Crippen LogP contribution >= 0.6 is 22.6 Å². The van der Waals surface area contributed by atoms with Crippen molar-refractivity contribution in [3.05, 3.63) is 39.5 Å². The van der Waals surface area contributed by atoms with Gasteiger partial charge in [0.1, 0.15) is 18.0 Å². The number of para-hydroxylation sites is 1. The van der Waals surface area contributed by atoms with Gasteiger partial charge < -0.3 is 29.9 Å². The quantitative estimate of drug-likeness (QED) is 0.226. The number of benzene rings is 1. The van der Waals surface area contributed by atoms with Crippen molar-refractivity contribution in [3.63, 3.8) is 0 Å². The zero-order valence-corrected chi connectivity index (χ0v) is 24.3. The summed E-state index contributed by atoms with van der Waals surface area (Å²) in [6.45, 7) is 3.49. The Morgan fingerprint density at radius 3 is 2.71 bits per heavy atom. The number of hydrogen-bond donors (Lipinski definition) is 3. The predicted molar refractivity (Wildman–Crippen MR) is 153 cm³/mol. The molecule has 2 amide bonds. The van der Waals surface area contributed by atoms with Crippen molar-refractivity contribution in [1.29, 1.82) is 0 Å². The minimum atomic E-state index is -1.00. The molecule has 0 spiro atoms. The largest absolute Gasteiger partial charge is 0.482 e. The number of hydrogen-bond acceptors (Lipinski definition) is 6. The van der Waals surface area contributed by atoms with Crippen molar-refractivity contribution in [2.75, 3.05) is 32.9 Å². The summed E-state index contributed by atoms with van der Waals surface area (Å²) in [5.74, 6) is 2.11. The molecule has 8 nitrogen and oxygen atoms in total. The smallest absolute Gasteiger partial charge is 0.247 e. The van der Waals surface area contributed by atoms with E-state index in [2.05, 4.69) is 27.9 Å². The summed E-state index contributed by atoms with van der Waals surface area (Å²) in [6.07, 6.45) is 6.05. The first-order valence-electron chi connectivity index (χ1n) is 14.0. The second kappa shape index (κ2) is 14.1. The van der Waals surface area contributed by atoms with Crippen LogP contribution in [0.4, 0.5) is 0 Å². The first-order chi connectivity index (χ1) is 18.4. The average molecular weight is 641 g/mol. The lowest BCUT2D eigenvalue weighted by atomic mass is 9.84. The fourth-order valence-corrected chi connectivity index (χ4v) is 6.91. The third-order valence-corrected chi connectivity index (χ3v) is 9.14. The number of aliphatic hydroxyl groups excluding tert-OH is 2. The van der Waals surface area contributed by atoms with Gasteiger partial charge in [0.25, 0.3) is 0 Å². The van der Waals surface area contributed by atoms with Crippen LogP contribution in [-0.2, 0) is 14.3 Å². The van der Waals surface area contributed by atoms with Crippen LogP contribution in [0.25, 0.3) is 0 Å². The number of rotatable bonds is 13. The van der Waals surface area contributed by atoms with Gasteiger partial charge in [-0.15, -0.1) is 0 Å². The van der Waals surface area contributed by atoms with E-state index in [1.54, 1.807) is 11.0 Å². The summed E-state index contributed by atoms with van der Waals surface area (Å²) in [4.78, 5) is 28.6. The molecule has 6 atom stereocenters. The number of aliphatic hydroxyl groups is 2. The molecule has 0 aliphatic heterocycles. The molecule has 1 aromatic carbocycles. The lowest BCUT2D eigenvalue weighted by Gasteiger charge is -2.41. The summed E-state index contributed by atoms with van der Waals surface area (Å²) in [5, 5.41) is 23.5. The Bertz CT molecular complexity index is 988. The van der Waals surface area contributed by atoms with Gasteiger partial charge >= 0.3 is 0 Å². The van der Waals surface area contributed by atoms with Crippen LogP contribution < -0.4 is 10.1 Å². The topological polar surface area (TPSA) is 108 Å². The maximum Gasteiger partial charge on any atom is 0.247 e. The molecule has 3 aliphatic rings. The van der Waals surface area contributed by atoms with Gasteiger partial charge in [-0.25, -0.2) is 0 Å². The highest BCUT2D eigenvalue weighted by Gasteiger charge is 2.44. The molecule has 2 saturated carbocycles. The molecule has 0 saturated heterocycles. The Hall–Kier alpha value is -1.69. The van der Waals surface area contributed by atoms with E-state index in [0.717, 1.165) is 15.9 Å². The standard InChI is InChI=1S/C29H41IN2O6/c1-2-37-13-5-11-32(27(34)18-21-15-19-8-9-20(21)14-19)24-16-22(29(36)31-10-12-33)17-26(28(24)35)38-25-7-4-3-6-23(25)30/h3-4,6-7,17,19-21,24,26,28,33,35H,2,5,8-16,18H2,1H3,(H,31,36). The van der Waals surface area contributed by atoms with E-state index in [-0.39, 0.29) is 31.4 Å². The van der Waals surface area contributed by atoms with Gasteiger partial charge in [0.2, 0.25) is 11.8 Å². The monoisotopic (exact) mass is 640 g/mol. The SMILES string of the molecule is CCOCCCN(C(=O)CC1CC2CCC1C2)C1CC(C(=O)NCCO)=CC(Oc2ccccc2I)C1O. The van der Waals surface area contributed by atoms with Crippen LogP contribution in [-0.4, -0.2) is 78.1 Å². The molecule has 210 valence electrons. The Morgan fingerprint density at radius 2 is 2.03 bits per heavy atom. The van der Waals surface area contributed by atoms with Crippen molar-refractivity contribution in [3.8, 4) is 5.75 Å². The summed E-state index contributed by atoms with van der Waals surface area (Å²) in [7, 11) is 0. The second-order valence-corrected chi connectivity index (χ2v) is 11.9. The summed E-state index contributed by atoms with van der Waals surface area (Å²) in [5.41, 5.74) is 0.451. The Labute approximate surface area is 239 Å². The van der Waals surface area contributed by atoms with Crippen LogP contribution in [0.1, 0.15) is 51.9 Å². The van der Waals surface area contributed by atoms with Gasteiger partial charge in [0.15, 0.2) is 0 Å². The van der Waals surface area contributed by atoms with Crippen molar-refractivity contribution in [1.82, 2.24) is 10.2 Å². The number of fused-ring (bicyclic) bond motifs is 2. The number of ether oxygens (including phenoxy) is 2. The third-order valence-electron chi connectivity index (χ3n) is 8.25. The van der Waals surface area contributed by atoms with Crippen molar-refractivity contribution in [2.45, 2.75) is 70.1 Å². The van der Waals surface area contributed by atoms with Crippen LogP contribution in [0, 0.1) is 21.3 Å². The summed E-state index contributed by atoms with van der Waals surface area (Å²) < 4.78 is 12.7. The normalized spacial score (nSPS) is 28.2. The van der Waals surface area contributed by atoms with Gasteiger partial charge in [-0.3, -0.25) is 9.59 Å². The van der Waals surface area contributed by atoms with Gasteiger partial charge in [-0.1, -0.05) is 18.6 Å². The third kappa shape index (κ3) is 7.28. The van der Waals surface area contributed by atoms with Crippen molar-refractivity contribution < 1.29 is 29.3 Å². The van der Waals surface area contributed by atoms with E-state index in [4.69, 9.17) is 9.47 Å². The Morgan fingerprint density at radius 1 is 1.21 bits per heavy atom. The second-order valence-electron chi connectivity index (χ2n) is 10.7. The minimum Gasteiger partial charge on any atom is -0.482 e. The zero-order chi connectivity index (χ0) is 27.1. The zero-order valence-electron chi connectivity index (χ0n) is 22.2. The van der Waals surface area contributed by atoms with E-state index in [9.17, 15) is 19.8 Å². The summed E-state index contributed by atoms with van der Waals surface area (Å²) in [6, 6.07) is 6.92. The molecule has 2 fully saturated rings. The molecule has 4 rings (SSSR count). The molecule has 2 bridgehead atoms. The van der Waals surface area contributed by atoms with E-state index >= 15 is 0 Å². The molecule has 0 radical (unpaired) electrons. The van der Waals surface area contributed by atoms with Crippen LogP contribution in [0.5, 0.6) is 5.75 Å². The lowest BCUT2D eigenvalue weighted by molar-refractivity contribution is -0.140. The molecule has 0 aromatic heterocycles. The van der Waals surface area contributed by atoms with Crippen LogP contribution in [0.2, 0.25) is 0 Å². The van der Waals surface area contributed by atoms with Gasteiger partial charge in [0.05, 0.1) is 16.2 Å². The van der Waals surface area contributed by atoms with E-state index in [1.807, 2.05) is 31.2 Å². The fraction of sp³-hybridized carbons (Fsp3) is 0.655. The molecule has 9 heteroatoms. The minimum absolute atomic E-state index is 0.0353. The number of carbonyl (C=O) groups excluding carboxylic acids is 2. The molecule has 6 unspecified atom stereocenters. The van der Waals surface area contributed by atoms with Crippen molar-refractivity contribution in [2.24, 2.45) is 17.8 Å². The maximum atomic E-state index is 13.8. The fourth-order valence-electron chi connectivity index (χ4n) is 6.39. The van der Waals surface area contributed by atoms with Gasteiger partial charge in [-0.2, -0.15) is 0 Å². The highest BCUT2D eigenvalue weighted by atomic mass is 127. The highest BCUT2D eigenvalue weighted by Crippen LogP contribution is 2.49. The van der Waals surface area contributed by atoms with Crippen molar-refractivity contribution >= 4 is 34.4 Å². The highest BCUT2D eigenvalue weighted by molar-refractivity contribution is 14.1. The van der Waals surface area contributed by atoms with Crippen LogP contribution in [0.3, 0.4) is 0 Å². The van der Waals surface area contributed by atoms with Gasteiger partial charge in [0, 0.05) is 44.7 Å².